The molecule has 11 heteroatoms. The fourth-order valence-electron chi connectivity index (χ4n) is 5.27. The first-order valence-electron chi connectivity index (χ1n) is 13.1. The molecule has 1 aliphatic rings. The van der Waals surface area contributed by atoms with Gasteiger partial charge in [0, 0.05) is 41.5 Å². The third kappa shape index (κ3) is 4.62. The zero-order valence-corrected chi connectivity index (χ0v) is 22.1. The van der Waals surface area contributed by atoms with E-state index in [0.717, 1.165) is 65.7 Å². The first-order chi connectivity index (χ1) is 18.8. The maximum atomic E-state index is 13.0. The number of anilines is 1. The van der Waals surface area contributed by atoms with Crippen molar-refractivity contribution in [2.75, 3.05) is 24.6 Å². The zero-order valence-electron chi connectivity index (χ0n) is 22.1. The van der Waals surface area contributed by atoms with Crippen LogP contribution < -0.4 is 9.64 Å². The van der Waals surface area contributed by atoms with Crippen LogP contribution in [0.15, 0.2) is 49.1 Å². The fourth-order valence-corrected chi connectivity index (χ4v) is 5.27. The third-order valence-corrected chi connectivity index (χ3v) is 7.58. The lowest BCUT2D eigenvalue weighted by molar-refractivity contribution is 0.0566. The topological polar surface area (TPSA) is 101 Å². The molecule has 0 bridgehead atoms. The Hall–Kier alpha value is -4.28. The molecule has 1 aromatic carbocycles. The number of hydrogen-bond donors (Lipinski definition) is 2. The smallest absolute Gasteiger partial charge is 0.333 e. The van der Waals surface area contributed by atoms with E-state index in [0.29, 0.717) is 28.2 Å². The average Bonchev–Trinajstić information content (AvgIpc) is 3.68. The highest BCUT2D eigenvalue weighted by atomic mass is 19.3. The van der Waals surface area contributed by atoms with Crippen LogP contribution in [-0.4, -0.2) is 54.4 Å². The molecule has 5 aromatic rings. The van der Waals surface area contributed by atoms with Crippen LogP contribution in [0.25, 0.3) is 33.5 Å². The maximum Gasteiger partial charge on any atom is 0.333 e. The Morgan fingerprint density at radius 2 is 1.85 bits per heavy atom. The van der Waals surface area contributed by atoms with E-state index in [9.17, 15) is 8.78 Å². The number of halogens is 2. The Kier molecular flexibility index (Phi) is 6.28. The second-order valence-corrected chi connectivity index (χ2v) is 10.2. The van der Waals surface area contributed by atoms with E-state index < -0.39 is 6.55 Å². The minimum atomic E-state index is -2.68. The summed E-state index contributed by atoms with van der Waals surface area (Å²) in [5, 5.41) is 4.60. The first kappa shape index (κ1) is 25.0. The molecule has 0 atom stereocenters. The minimum Gasteiger partial charge on any atom is -0.494 e. The monoisotopic (exact) mass is 532 g/mol. The number of hydrogen-bond acceptors (Lipinski definition) is 6. The second-order valence-electron chi connectivity index (χ2n) is 10.2. The summed E-state index contributed by atoms with van der Waals surface area (Å²) >= 11 is 0. The number of ether oxygens (including phenoxy) is 1. The molecule has 0 saturated carbocycles. The second kappa shape index (κ2) is 9.79. The molecular weight excluding hydrogens is 502 g/mol. The lowest BCUT2D eigenvalue weighted by Crippen LogP contribution is -2.42. The number of aryl methyl sites for hydroxylation is 1. The molecule has 39 heavy (non-hydrogen) atoms. The maximum absolute atomic E-state index is 13.0. The van der Waals surface area contributed by atoms with Crippen molar-refractivity contribution >= 4 is 16.9 Å². The van der Waals surface area contributed by atoms with Crippen LogP contribution >= 0.6 is 0 Å². The van der Waals surface area contributed by atoms with Crippen molar-refractivity contribution in [2.24, 2.45) is 0 Å². The van der Waals surface area contributed by atoms with E-state index in [1.165, 1.54) is 18.7 Å². The summed E-state index contributed by atoms with van der Waals surface area (Å²) in [6.07, 6.45) is 6.07. The molecule has 0 spiro atoms. The van der Waals surface area contributed by atoms with Gasteiger partial charge in [-0.05, 0) is 57.0 Å². The van der Waals surface area contributed by atoms with Gasteiger partial charge >= 0.3 is 6.55 Å². The van der Waals surface area contributed by atoms with Crippen LogP contribution in [0.4, 0.5) is 14.6 Å². The number of aromatic nitrogens is 7. The predicted molar refractivity (Wildman–Crippen MR) is 145 cm³/mol. The third-order valence-electron chi connectivity index (χ3n) is 7.58. The van der Waals surface area contributed by atoms with Gasteiger partial charge in [0.15, 0.2) is 0 Å². The van der Waals surface area contributed by atoms with Gasteiger partial charge in [-0.25, -0.2) is 19.6 Å². The number of nitrogens with zero attached hydrogens (tertiary/aromatic N) is 6. The molecule has 1 aliphatic heterocycles. The van der Waals surface area contributed by atoms with Gasteiger partial charge in [0.05, 0.1) is 29.6 Å². The highest BCUT2D eigenvalue weighted by Gasteiger charge is 2.36. The summed E-state index contributed by atoms with van der Waals surface area (Å²) in [4.78, 5) is 23.0. The fraction of sp³-hybridized carbons (Fsp3) is 0.357. The van der Waals surface area contributed by atoms with Crippen molar-refractivity contribution < 1.29 is 13.5 Å². The number of fused-ring (bicyclic) bond motifs is 1. The average molecular weight is 533 g/mol. The number of imidazole rings is 1. The summed E-state index contributed by atoms with van der Waals surface area (Å²) in [5.41, 5.74) is 4.87. The molecule has 1 saturated heterocycles. The van der Waals surface area contributed by atoms with Crippen molar-refractivity contribution in [3.8, 4) is 28.3 Å². The van der Waals surface area contributed by atoms with E-state index in [1.54, 1.807) is 0 Å². The minimum absolute atomic E-state index is 0.107. The molecule has 0 unspecified atom stereocenters. The van der Waals surface area contributed by atoms with Crippen LogP contribution in [0.5, 0.6) is 5.75 Å². The normalized spacial score (nSPS) is 15.4. The quantitative estimate of drug-likeness (QED) is 0.272. The van der Waals surface area contributed by atoms with Crippen LogP contribution in [0.3, 0.4) is 0 Å². The summed E-state index contributed by atoms with van der Waals surface area (Å²) < 4.78 is 32.2. The standard InChI is InChI=1S/C28H30F2N8O/c1-4-39-20-7-5-18(6-8-20)23-17(2)34-26(36-23)28(3)9-11-37(12-10-28)25-21-13-22(35-24(21)31-16-32-25)19-14-33-38(15-19)27(29)30/h5-8,13-16,27H,4,9-12H2,1-3H3,(H,34,36)(H,31,32,35). The highest BCUT2D eigenvalue weighted by Crippen LogP contribution is 2.38. The molecule has 4 aromatic heterocycles. The van der Waals surface area contributed by atoms with E-state index in [1.807, 2.05) is 37.3 Å². The van der Waals surface area contributed by atoms with E-state index >= 15 is 0 Å². The predicted octanol–water partition coefficient (Wildman–Crippen LogP) is 5.87. The molecule has 2 N–H and O–H groups in total. The Balaban J connectivity index is 1.21. The van der Waals surface area contributed by atoms with Gasteiger partial charge in [-0.3, -0.25) is 0 Å². The Morgan fingerprint density at radius 1 is 1.08 bits per heavy atom. The molecule has 0 aliphatic carbocycles. The van der Waals surface area contributed by atoms with Crippen molar-refractivity contribution in [3.63, 3.8) is 0 Å². The molecule has 0 radical (unpaired) electrons. The van der Waals surface area contributed by atoms with Crippen molar-refractivity contribution in [1.29, 1.82) is 0 Å². The summed E-state index contributed by atoms with van der Waals surface area (Å²) in [6, 6.07) is 9.96. The van der Waals surface area contributed by atoms with Gasteiger partial charge in [-0.1, -0.05) is 6.92 Å². The molecule has 202 valence electrons. The van der Waals surface area contributed by atoms with Gasteiger partial charge in [-0.2, -0.15) is 13.9 Å². The van der Waals surface area contributed by atoms with Gasteiger partial charge in [0.1, 0.15) is 29.4 Å². The number of alkyl halides is 2. The van der Waals surface area contributed by atoms with E-state index in [-0.39, 0.29) is 5.41 Å². The molecule has 0 amide bonds. The molecule has 9 nitrogen and oxygen atoms in total. The number of aromatic amines is 2. The van der Waals surface area contributed by atoms with Gasteiger partial charge in [0.25, 0.3) is 0 Å². The number of H-pyrrole nitrogens is 2. The Labute approximate surface area is 224 Å². The van der Waals surface area contributed by atoms with Gasteiger partial charge < -0.3 is 19.6 Å². The van der Waals surface area contributed by atoms with Crippen LogP contribution in [0.2, 0.25) is 0 Å². The van der Waals surface area contributed by atoms with Crippen molar-refractivity contribution in [2.45, 2.75) is 45.6 Å². The van der Waals surface area contributed by atoms with Crippen LogP contribution in [0, 0.1) is 6.92 Å². The van der Waals surface area contributed by atoms with E-state index in [2.05, 4.69) is 43.8 Å². The molecule has 5 heterocycles. The number of nitrogens with one attached hydrogen (secondary N) is 2. The SMILES string of the molecule is CCOc1ccc(-c2nc(C3(C)CCN(c4ncnc5[nH]c(-c6cnn(C(F)F)c6)cc45)CC3)[nH]c2C)cc1. The van der Waals surface area contributed by atoms with Crippen molar-refractivity contribution in [1.82, 2.24) is 34.7 Å². The van der Waals surface area contributed by atoms with E-state index in [4.69, 9.17) is 9.72 Å². The summed E-state index contributed by atoms with van der Waals surface area (Å²) in [6.45, 7) is 5.84. The number of benzene rings is 1. The number of rotatable bonds is 7. The van der Waals surface area contributed by atoms with Gasteiger partial charge in [-0.15, -0.1) is 0 Å². The van der Waals surface area contributed by atoms with Crippen molar-refractivity contribution in [3.05, 3.63) is 60.6 Å². The number of piperidine rings is 1. The van der Waals surface area contributed by atoms with Gasteiger partial charge in [0.2, 0.25) is 0 Å². The highest BCUT2D eigenvalue weighted by molar-refractivity contribution is 5.91. The van der Waals surface area contributed by atoms with Crippen LogP contribution in [-0.2, 0) is 5.41 Å². The lowest BCUT2D eigenvalue weighted by atomic mass is 9.79. The largest absolute Gasteiger partial charge is 0.494 e. The molecule has 1 fully saturated rings. The first-order valence-corrected chi connectivity index (χ1v) is 13.1. The van der Waals surface area contributed by atoms with Crippen LogP contribution in [0.1, 0.15) is 44.8 Å². The Morgan fingerprint density at radius 3 is 2.54 bits per heavy atom. The molecule has 6 rings (SSSR count). The summed E-state index contributed by atoms with van der Waals surface area (Å²) in [5.74, 6) is 2.68. The summed E-state index contributed by atoms with van der Waals surface area (Å²) in [7, 11) is 0. The zero-order chi connectivity index (χ0) is 27.1. The molecular formula is C28H30F2N8O. The Bertz CT molecular complexity index is 1600. The lowest BCUT2D eigenvalue weighted by Gasteiger charge is -2.38.